The number of rotatable bonds is 1. The first-order valence-corrected chi connectivity index (χ1v) is 4.10. The van der Waals surface area contributed by atoms with E-state index in [9.17, 15) is 0 Å². The summed E-state index contributed by atoms with van der Waals surface area (Å²) in [6.07, 6.45) is 5.43. The molecule has 0 atom stereocenters. The molecule has 0 aromatic carbocycles. The molecule has 0 spiro atoms. The van der Waals surface area contributed by atoms with E-state index in [4.69, 9.17) is 12.2 Å². The summed E-state index contributed by atoms with van der Waals surface area (Å²) in [6.45, 7) is 2.37. The van der Waals surface area contributed by atoms with Crippen LogP contribution >= 0.6 is 12.2 Å². The predicted molar refractivity (Wildman–Crippen MR) is 44.8 cm³/mol. The molecule has 0 aliphatic carbocycles. The molecular formula is C7H14NNaS. The average Bonchev–Trinajstić information content (AvgIpc) is 2.13. The predicted octanol–water partition coefficient (Wildman–Crippen LogP) is -1.06. The zero-order valence-electron chi connectivity index (χ0n) is 7.68. The number of nitrogens with zero attached hydrogens (tertiary/aromatic N) is 1. The van der Waals surface area contributed by atoms with Gasteiger partial charge in [0.05, 0.1) is 5.49 Å². The molecule has 3 heteroatoms. The summed E-state index contributed by atoms with van der Waals surface area (Å²) in [5.74, 6) is 0. The van der Waals surface area contributed by atoms with Crippen LogP contribution in [0.15, 0.2) is 0 Å². The van der Waals surface area contributed by atoms with Gasteiger partial charge in [-0.3, -0.25) is 0 Å². The van der Waals surface area contributed by atoms with Crippen molar-refractivity contribution in [2.45, 2.75) is 25.7 Å². The van der Waals surface area contributed by atoms with Gasteiger partial charge in [0, 0.05) is 13.1 Å². The summed E-state index contributed by atoms with van der Waals surface area (Å²) < 4.78 is 0. The second-order valence-electron chi connectivity index (χ2n) is 2.56. The maximum absolute atomic E-state index is 4.83. The summed E-state index contributed by atoms with van der Waals surface area (Å²) >= 11 is 4.83. The molecule has 0 saturated carbocycles. The largest absolute Gasteiger partial charge is 1.00 e. The summed E-state index contributed by atoms with van der Waals surface area (Å²) in [5, 5.41) is 0. The minimum absolute atomic E-state index is 0. The average molecular weight is 167 g/mol. The van der Waals surface area contributed by atoms with E-state index in [1.54, 1.807) is 5.49 Å². The molecular weight excluding hydrogens is 153 g/mol. The molecule has 0 N–H and O–H groups in total. The Balaban J connectivity index is 0. The van der Waals surface area contributed by atoms with Crippen molar-refractivity contribution < 1.29 is 31.0 Å². The van der Waals surface area contributed by atoms with Gasteiger partial charge in [-0.1, -0.05) is 25.1 Å². The van der Waals surface area contributed by atoms with Gasteiger partial charge in [0.2, 0.25) is 0 Å². The number of hydrogen-bond donors (Lipinski definition) is 0. The first-order chi connectivity index (χ1) is 4.43. The smallest absolute Gasteiger partial charge is 1.00 e. The standard InChI is InChI=1S/C7H13NS.Na.H/c9-7-8-5-3-1-2-4-6-8;;/h7H,1-6H2;;/q;+1;-1. The van der Waals surface area contributed by atoms with Gasteiger partial charge in [-0.2, -0.15) is 0 Å². The normalized spacial score (nSPS) is 19.0. The van der Waals surface area contributed by atoms with E-state index in [-0.39, 0.29) is 31.0 Å². The van der Waals surface area contributed by atoms with Crippen LogP contribution in [0.5, 0.6) is 0 Å². The van der Waals surface area contributed by atoms with E-state index in [1.807, 2.05) is 0 Å². The van der Waals surface area contributed by atoms with Crippen LogP contribution < -0.4 is 29.6 Å². The van der Waals surface area contributed by atoms with Crippen molar-refractivity contribution in [2.75, 3.05) is 13.1 Å². The molecule has 0 unspecified atom stereocenters. The summed E-state index contributed by atoms with van der Waals surface area (Å²) in [5.41, 5.74) is 1.80. The van der Waals surface area contributed by atoms with E-state index in [0.717, 1.165) is 0 Å². The third-order valence-corrected chi connectivity index (χ3v) is 2.09. The van der Waals surface area contributed by atoms with Crippen LogP contribution in [0, 0.1) is 0 Å². The zero-order valence-corrected chi connectivity index (χ0v) is 9.49. The maximum atomic E-state index is 4.83. The van der Waals surface area contributed by atoms with E-state index in [2.05, 4.69) is 4.90 Å². The van der Waals surface area contributed by atoms with Crippen molar-refractivity contribution in [1.29, 1.82) is 0 Å². The molecule has 1 heterocycles. The molecule has 1 aliphatic rings. The van der Waals surface area contributed by atoms with Gasteiger partial charge in [-0.25, -0.2) is 0 Å². The number of thiocarbonyl (C=S) groups is 1. The van der Waals surface area contributed by atoms with Crippen LogP contribution in [0.25, 0.3) is 0 Å². The van der Waals surface area contributed by atoms with Crippen LogP contribution in [0.4, 0.5) is 0 Å². The van der Waals surface area contributed by atoms with Gasteiger partial charge in [-0.05, 0) is 12.8 Å². The van der Waals surface area contributed by atoms with Gasteiger partial charge >= 0.3 is 29.6 Å². The Morgan fingerprint density at radius 2 is 1.60 bits per heavy atom. The fraction of sp³-hybridized carbons (Fsp3) is 0.857. The van der Waals surface area contributed by atoms with Crippen molar-refractivity contribution >= 4 is 17.7 Å². The maximum Gasteiger partial charge on any atom is 1.00 e. The summed E-state index contributed by atoms with van der Waals surface area (Å²) in [6, 6.07) is 0. The first kappa shape index (κ1) is 10.9. The Morgan fingerprint density at radius 3 is 2.00 bits per heavy atom. The quantitative estimate of drug-likeness (QED) is 0.362. The monoisotopic (exact) mass is 167 g/mol. The molecule has 54 valence electrons. The summed E-state index contributed by atoms with van der Waals surface area (Å²) in [4.78, 5) is 2.24. The number of hydrogen-bond acceptors (Lipinski definition) is 1. The molecule has 1 nitrogen and oxygen atoms in total. The number of likely N-dealkylation sites (tertiary alicyclic amines) is 1. The van der Waals surface area contributed by atoms with Crippen molar-refractivity contribution in [2.24, 2.45) is 0 Å². The molecule has 0 radical (unpaired) electrons. The van der Waals surface area contributed by atoms with E-state index in [0.29, 0.717) is 0 Å². The Labute approximate surface area is 91.9 Å². The van der Waals surface area contributed by atoms with E-state index < -0.39 is 0 Å². The van der Waals surface area contributed by atoms with Crippen LogP contribution in [0.2, 0.25) is 0 Å². The van der Waals surface area contributed by atoms with Crippen molar-refractivity contribution in [3.05, 3.63) is 0 Å². The molecule has 1 fully saturated rings. The Morgan fingerprint density at radius 1 is 1.10 bits per heavy atom. The molecule has 0 aromatic heterocycles. The Kier molecular flexibility index (Phi) is 7.18. The van der Waals surface area contributed by atoms with Crippen molar-refractivity contribution in [3.63, 3.8) is 0 Å². The third kappa shape index (κ3) is 3.91. The molecule has 1 aliphatic heterocycles. The Hall–Kier alpha value is 0.890. The minimum Gasteiger partial charge on any atom is -1.00 e. The second kappa shape index (κ2) is 6.59. The third-order valence-electron chi connectivity index (χ3n) is 1.79. The van der Waals surface area contributed by atoms with Gasteiger partial charge in [0.25, 0.3) is 0 Å². The zero-order chi connectivity index (χ0) is 6.53. The Bertz CT molecular complexity index is 94.4. The fourth-order valence-electron chi connectivity index (χ4n) is 1.20. The van der Waals surface area contributed by atoms with Crippen LogP contribution in [0.1, 0.15) is 27.1 Å². The topological polar surface area (TPSA) is 3.24 Å². The minimum atomic E-state index is 0. The van der Waals surface area contributed by atoms with Crippen LogP contribution in [-0.2, 0) is 0 Å². The molecule has 0 bridgehead atoms. The van der Waals surface area contributed by atoms with Crippen molar-refractivity contribution in [1.82, 2.24) is 4.90 Å². The SMILES string of the molecule is S=CN1CCCCCC1.[H-].[Na+]. The van der Waals surface area contributed by atoms with Gasteiger partial charge in [0.1, 0.15) is 0 Å². The van der Waals surface area contributed by atoms with Crippen molar-refractivity contribution in [3.8, 4) is 0 Å². The molecule has 0 amide bonds. The van der Waals surface area contributed by atoms with Crippen LogP contribution in [0.3, 0.4) is 0 Å². The molecule has 10 heavy (non-hydrogen) atoms. The van der Waals surface area contributed by atoms with Gasteiger partial charge < -0.3 is 6.33 Å². The van der Waals surface area contributed by atoms with Gasteiger partial charge in [0.15, 0.2) is 0 Å². The first-order valence-electron chi connectivity index (χ1n) is 3.63. The summed E-state index contributed by atoms with van der Waals surface area (Å²) in [7, 11) is 0. The molecule has 1 rings (SSSR count). The van der Waals surface area contributed by atoms with E-state index in [1.165, 1.54) is 38.8 Å². The second-order valence-corrected chi connectivity index (χ2v) is 2.77. The van der Waals surface area contributed by atoms with Gasteiger partial charge in [-0.15, -0.1) is 0 Å². The molecule has 0 aromatic rings. The molecule has 1 saturated heterocycles. The fourth-order valence-corrected chi connectivity index (χ4v) is 1.41. The van der Waals surface area contributed by atoms with E-state index >= 15 is 0 Å². The van der Waals surface area contributed by atoms with Crippen LogP contribution in [-0.4, -0.2) is 23.5 Å².